The van der Waals surface area contributed by atoms with E-state index in [1.165, 1.54) is 5.56 Å². The van der Waals surface area contributed by atoms with E-state index in [0.717, 1.165) is 16.8 Å². The Bertz CT molecular complexity index is 827. The number of thiocarbonyl (C=S) groups is 1. The van der Waals surface area contributed by atoms with Gasteiger partial charge in [0.25, 0.3) is 0 Å². The van der Waals surface area contributed by atoms with Crippen LogP contribution in [0.25, 0.3) is 5.70 Å². The average molecular weight is 388 g/mol. The SMILES string of the molecule is C=C(NNC(=S)Nc1cccc(C)c1C)c1cc(OC)c(OC)c(OC)c1. The van der Waals surface area contributed by atoms with Crippen molar-refractivity contribution in [3.8, 4) is 17.2 Å². The summed E-state index contributed by atoms with van der Waals surface area (Å²) in [5, 5.41) is 3.60. The van der Waals surface area contributed by atoms with Crippen molar-refractivity contribution in [2.24, 2.45) is 0 Å². The van der Waals surface area contributed by atoms with Crippen molar-refractivity contribution in [2.45, 2.75) is 13.8 Å². The topological polar surface area (TPSA) is 63.8 Å². The molecule has 0 atom stereocenters. The molecule has 2 aromatic carbocycles. The molecule has 0 unspecified atom stereocenters. The van der Waals surface area contributed by atoms with E-state index in [4.69, 9.17) is 26.4 Å². The maximum absolute atomic E-state index is 5.37. The molecule has 0 aliphatic carbocycles. The Morgan fingerprint density at radius 2 is 1.59 bits per heavy atom. The van der Waals surface area contributed by atoms with E-state index in [2.05, 4.69) is 35.7 Å². The Balaban J connectivity index is 2.07. The van der Waals surface area contributed by atoms with E-state index in [9.17, 15) is 0 Å². The minimum absolute atomic E-state index is 0.428. The maximum atomic E-state index is 5.37. The standard InChI is InChI=1S/C20H25N3O3S/c1-12-8-7-9-16(13(12)2)21-20(27)23-22-14(3)15-10-17(24-4)19(26-6)18(11-15)25-5/h7-11,22H,3H2,1-2,4-6H3,(H2,21,23,27). The molecule has 27 heavy (non-hydrogen) atoms. The third-order valence-corrected chi connectivity index (χ3v) is 4.40. The van der Waals surface area contributed by atoms with E-state index in [-0.39, 0.29) is 0 Å². The van der Waals surface area contributed by atoms with Gasteiger partial charge in [0.2, 0.25) is 5.75 Å². The van der Waals surface area contributed by atoms with Crippen LogP contribution in [-0.4, -0.2) is 26.4 Å². The van der Waals surface area contributed by atoms with Crippen molar-refractivity contribution in [3.05, 3.63) is 53.6 Å². The molecule has 0 amide bonds. The van der Waals surface area contributed by atoms with Gasteiger partial charge in [-0.3, -0.25) is 10.9 Å². The zero-order valence-electron chi connectivity index (χ0n) is 16.2. The van der Waals surface area contributed by atoms with E-state index >= 15 is 0 Å². The summed E-state index contributed by atoms with van der Waals surface area (Å²) in [6.45, 7) is 8.13. The summed E-state index contributed by atoms with van der Waals surface area (Å²) in [5.41, 5.74) is 10.6. The lowest BCUT2D eigenvalue weighted by molar-refractivity contribution is 0.324. The summed E-state index contributed by atoms with van der Waals surface area (Å²) in [6.07, 6.45) is 0. The fraction of sp³-hybridized carbons (Fsp3) is 0.250. The van der Waals surface area contributed by atoms with E-state index < -0.39 is 0 Å². The van der Waals surface area contributed by atoms with Crippen LogP contribution in [0.1, 0.15) is 16.7 Å². The normalized spacial score (nSPS) is 9.96. The van der Waals surface area contributed by atoms with Gasteiger partial charge in [-0.25, -0.2) is 0 Å². The van der Waals surface area contributed by atoms with Gasteiger partial charge in [-0.05, 0) is 55.4 Å². The molecule has 0 fully saturated rings. The molecule has 0 aliphatic rings. The van der Waals surface area contributed by atoms with Gasteiger partial charge in [0.1, 0.15) is 0 Å². The highest BCUT2D eigenvalue weighted by molar-refractivity contribution is 7.80. The first kappa shape index (κ1) is 20.4. The molecule has 0 saturated carbocycles. The second kappa shape index (κ2) is 9.14. The maximum Gasteiger partial charge on any atom is 0.203 e. The molecule has 144 valence electrons. The second-order valence-corrected chi connectivity index (χ2v) is 6.25. The number of aryl methyl sites for hydroxylation is 1. The van der Waals surface area contributed by atoms with Gasteiger partial charge in [0, 0.05) is 11.3 Å². The van der Waals surface area contributed by atoms with Crippen molar-refractivity contribution >= 4 is 28.7 Å². The van der Waals surface area contributed by atoms with E-state index in [0.29, 0.717) is 28.1 Å². The Morgan fingerprint density at radius 3 is 2.15 bits per heavy atom. The molecule has 0 heterocycles. The number of methoxy groups -OCH3 is 3. The van der Waals surface area contributed by atoms with Crippen molar-refractivity contribution < 1.29 is 14.2 Å². The summed E-state index contributed by atoms with van der Waals surface area (Å²) < 4.78 is 16.1. The molecule has 0 bridgehead atoms. The molecule has 6 nitrogen and oxygen atoms in total. The Morgan fingerprint density at radius 1 is 0.963 bits per heavy atom. The lowest BCUT2D eigenvalue weighted by Crippen LogP contribution is -2.39. The predicted octanol–water partition coefficient (Wildman–Crippen LogP) is 3.79. The fourth-order valence-corrected chi connectivity index (χ4v) is 2.66. The molecular formula is C20H25N3O3S. The molecule has 3 N–H and O–H groups in total. The number of anilines is 1. The molecule has 0 radical (unpaired) electrons. The third kappa shape index (κ3) is 4.83. The number of ether oxygens (including phenoxy) is 3. The molecular weight excluding hydrogens is 362 g/mol. The van der Waals surface area contributed by atoms with Crippen LogP contribution in [0.4, 0.5) is 5.69 Å². The molecule has 2 aromatic rings. The zero-order valence-corrected chi connectivity index (χ0v) is 17.0. The van der Waals surface area contributed by atoms with Crippen molar-refractivity contribution in [1.29, 1.82) is 0 Å². The minimum Gasteiger partial charge on any atom is -0.493 e. The highest BCUT2D eigenvalue weighted by Gasteiger charge is 2.14. The monoisotopic (exact) mass is 387 g/mol. The van der Waals surface area contributed by atoms with Gasteiger partial charge in [0.05, 0.1) is 27.0 Å². The summed E-state index contributed by atoms with van der Waals surface area (Å²) in [7, 11) is 4.70. The largest absolute Gasteiger partial charge is 0.493 e. The van der Waals surface area contributed by atoms with Gasteiger partial charge >= 0.3 is 0 Å². The highest BCUT2D eigenvalue weighted by Crippen LogP contribution is 2.39. The van der Waals surface area contributed by atoms with Crippen LogP contribution >= 0.6 is 12.2 Å². The molecule has 7 heteroatoms. The fourth-order valence-electron chi connectivity index (χ4n) is 2.50. The summed E-state index contributed by atoms with van der Waals surface area (Å²) >= 11 is 5.35. The first-order valence-corrected chi connectivity index (χ1v) is 8.70. The second-order valence-electron chi connectivity index (χ2n) is 5.84. The summed E-state index contributed by atoms with van der Waals surface area (Å²) in [6, 6.07) is 9.63. The zero-order chi connectivity index (χ0) is 20.0. The molecule has 0 aromatic heterocycles. The number of hydrogen-bond acceptors (Lipinski definition) is 5. The smallest absolute Gasteiger partial charge is 0.203 e. The van der Waals surface area contributed by atoms with Crippen LogP contribution in [0.3, 0.4) is 0 Å². The van der Waals surface area contributed by atoms with Gasteiger partial charge in [-0.1, -0.05) is 18.7 Å². The number of hydrazine groups is 1. The van der Waals surface area contributed by atoms with Crippen LogP contribution in [-0.2, 0) is 0 Å². The molecule has 0 saturated heterocycles. The lowest BCUT2D eigenvalue weighted by Gasteiger charge is -2.18. The van der Waals surface area contributed by atoms with E-state index in [1.54, 1.807) is 33.5 Å². The van der Waals surface area contributed by atoms with E-state index in [1.807, 2.05) is 19.1 Å². The van der Waals surface area contributed by atoms with Crippen LogP contribution < -0.4 is 30.4 Å². The number of hydrogen-bond donors (Lipinski definition) is 3. The highest BCUT2D eigenvalue weighted by atomic mass is 32.1. The quantitative estimate of drug-likeness (QED) is 0.493. The van der Waals surface area contributed by atoms with Crippen LogP contribution in [0.2, 0.25) is 0 Å². The number of benzene rings is 2. The van der Waals surface area contributed by atoms with Crippen molar-refractivity contribution in [1.82, 2.24) is 10.9 Å². The van der Waals surface area contributed by atoms with Gasteiger partial charge in [0.15, 0.2) is 16.6 Å². The van der Waals surface area contributed by atoms with Crippen LogP contribution in [0.15, 0.2) is 36.9 Å². The number of nitrogens with one attached hydrogen (secondary N) is 3. The number of rotatable bonds is 7. The van der Waals surface area contributed by atoms with Crippen LogP contribution in [0, 0.1) is 13.8 Å². The lowest BCUT2D eigenvalue weighted by atomic mass is 10.1. The van der Waals surface area contributed by atoms with Crippen molar-refractivity contribution in [3.63, 3.8) is 0 Å². The van der Waals surface area contributed by atoms with Crippen LogP contribution in [0.5, 0.6) is 17.2 Å². The summed E-state index contributed by atoms with van der Waals surface area (Å²) in [4.78, 5) is 0. The first-order chi connectivity index (χ1) is 12.9. The molecule has 0 spiro atoms. The van der Waals surface area contributed by atoms with Gasteiger partial charge in [-0.2, -0.15) is 0 Å². The van der Waals surface area contributed by atoms with Gasteiger partial charge < -0.3 is 19.5 Å². The molecule has 0 aliphatic heterocycles. The van der Waals surface area contributed by atoms with Gasteiger partial charge in [-0.15, -0.1) is 0 Å². The predicted molar refractivity (Wildman–Crippen MR) is 114 cm³/mol. The Kier molecular flexibility index (Phi) is 6.90. The Labute approximate surface area is 165 Å². The minimum atomic E-state index is 0.428. The summed E-state index contributed by atoms with van der Waals surface area (Å²) in [5.74, 6) is 1.62. The third-order valence-electron chi connectivity index (χ3n) is 4.19. The van der Waals surface area contributed by atoms with Crippen molar-refractivity contribution in [2.75, 3.05) is 26.6 Å². The average Bonchev–Trinajstić information content (AvgIpc) is 2.68. The first-order valence-electron chi connectivity index (χ1n) is 8.29. The molecule has 2 rings (SSSR count). The Hall–Kier alpha value is -2.93.